The molecule has 3 aromatic rings. The van der Waals surface area contributed by atoms with Gasteiger partial charge >= 0.3 is 0 Å². The van der Waals surface area contributed by atoms with Gasteiger partial charge in [-0.15, -0.1) is 0 Å². The monoisotopic (exact) mass is 453 g/mol. The van der Waals surface area contributed by atoms with Crippen molar-refractivity contribution in [3.8, 4) is 0 Å². The first-order valence-corrected chi connectivity index (χ1v) is 13.3. The van der Waals surface area contributed by atoms with Crippen LogP contribution in [0.25, 0.3) is 16.8 Å². The van der Waals surface area contributed by atoms with Gasteiger partial charge in [-0.3, -0.25) is 0 Å². The molecule has 0 radical (unpaired) electrons. The number of nitrogens with one attached hydrogen (secondary N) is 1. The van der Waals surface area contributed by atoms with Crippen molar-refractivity contribution in [3.63, 3.8) is 0 Å². The first-order valence-electron chi connectivity index (χ1n) is 13.3. The lowest BCUT2D eigenvalue weighted by Gasteiger charge is -2.33. The van der Waals surface area contributed by atoms with E-state index in [1.807, 2.05) is 0 Å². The summed E-state index contributed by atoms with van der Waals surface area (Å²) in [5.41, 5.74) is 8.50. The Morgan fingerprint density at radius 2 is 1.74 bits per heavy atom. The summed E-state index contributed by atoms with van der Waals surface area (Å²) in [4.78, 5) is 0. The lowest BCUT2D eigenvalue weighted by atomic mass is 9.77. The van der Waals surface area contributed by atoms with Gasteiger partial charge in [-0.05, 0) is 102 Å². The summed E-state index contributed by atoms with van der Waals surface area (Å²) in [5, 5.41) is 6.72. The number of aryl methyl sites for hydroxylation is 2. The fourth-order valence-electron chi connectivity index (χ4n) is 6.23. The zero-order valence-corrected chi connectivity index (χ0v) is 22.2. The number of hydrogen-bond donors (Lipinski definition) is 1. The Balaban J connectivity index is 1.81. The topological polar surface area (TPSA) is 12.0 Å². The van der Waals surface area contributed by atoms with E-state index in [-0.39, 0.29) is 5.54 Å². The minimum absolute atomic E-state index is 0.0460. The number of benzene rings is 3. The van der Waals surface area contributed by atoms with Crippen molar-refractivity contribution >= 4 is 16.8 Å². The van der Waals surface area contributed by atoms with E-state index >= 15 is 0 Å². The maximum atomic E-state index is 4.20. The zero-order chi connectivity index (χ0) is 24.5. The largest absolute Gasteiger partial charge is 0.308 e. The lowest BCUT2D eigenvalue weighted by molar-refractivity contribution is 0.300. The second-order valence-corrected chi connectivity index (χ2v) is 10.8. The minimum Gasteiger partial charge on any atom is -0.308 e. The molecule has 0 saturated carbocycles. The fourth-order valence-corrected chi connectivity index (χ4v) is 6.23. The molecule has 0 fully saturated rings. The molecule has 0 spiro atoms. The molecular formula is C33H43N. The molecule has 3 aromatic carbocycles. The van der Waals surface area contributed by atoms with Crippen LogP contribution in [0, 0.1) is 18.8 Å². The van der Waals surface area contributed by atoms with Gasteiger partial charge in [-0.2, -0.15) is 0 Å². The molecule has 0 heterocycles. The van der Waals surface area contributed by atoms with Gasteiger partial charge in [0.25, 0.3) is 0 Å². The average molecular weight is 454 g/mol. The van der Waals surface area contributed by atoms with Gasteiger partial charge in [0, 0.05) is 5.54 Å². The van der Waals surface area contributed by atoms with Crippen LogP contribution in [0.5, 0.6) is 0 Å². The number of rotatable bonds is 8. The van der Waals surface area contributed by atoms with E-state index in [0.717, 1.165) is 25.8 Å². The van der Waals surface area contributed by atoms with Crippen molar-refractivity contribution in [3.05, 3.63) is 88.5 Å². The Bertz CT molecular complexity index is 1160. The Morgan fingerprint density at radius 3 is 2.38 bits per heavy atom. The van der Waals surface area contributed by atoms with Crippen LogP contribution in [0.15, 0.2) is 55.1 Å². The molecule has 34 heavy (non-hydrogen) atoms. The molecule has 0 saturated heterocycles. The van der Waals surface area contributed by atoms with Crippen LogP contribution in [0.2, 0.25) is 0 Å². The predicted octanol–water partition coefficient (Wildman–Crippen LogP) is 8.57. The van der Waals surface area contributed by atoms with Crippen LogP contribution in [-0.4, -0.2) is 6.54 Å². The molecule has 4 atom stereocenters. The van der Waals surface area contributed by atoms with E-state index in [2.05, 4.69) is 108 Å². The Kier molecular flexibility index (Phi) is 7.33. The minimum atomic E-state index is -0.0460. The standard InChI is InChI=1S/C33H43N/c1-8-26-17-18-28-21-27(16-15-25-13-11-22(4)12-14-25)23(5)24(6)29-19-20-30(32(26)31(28)29)33(7,9-2)34-10-3/h8,11-14,17-20,23-24,27,34H,1,9-10,15-16,21H2,2-7H3. The quantitative estimate of drug-likeness (QED) is 0.360. The maximum Gasteiger partial charge on any atom is 0.0409 e. The summed E-state index contributed by atoms with van der Waals surface area (Å²) < 4.78 is 0. The highest BCUT2D eigenvalue weighted by Crippen LogP contribution is 2.46. The molecule has 1 N–H and O–H groups in total. The predicted molar refractivity (Wildman–Crippen MR) is 150 cm³/mol. The van der Waals surface area contributed by atoms with Gasteiger partial charge in [0.05, 0.1) is 0 Å². The molecule has 4 rings (SSSR count). The van der Waals surface area contributed by atoms with E-state index in [0.29, 0.717) is 17.8 Å². The van der Waals surface area contributed by atoms with Crippen LogP contribution in [-0.2, 0) is 18.4 Å². The van der Waals surface area contributed by atoms with Crippen molar-refractivity contribution in [2.45, 2.75) is 78.7 Å². The fraction of sp³-hybridized carbons (Fsp3) is 0.455. The second kappa shape index (κ2) is 10.1. The molecule has 180 valence electrons. The maximum absolute atomic E-state index is 4.20. The Labute approximate surface area is 207 Å². The third-order valence-corrected chi connectivity index (χ3v) is 8.83. The van der Waals surface area contributed by atoms with Crippen molar-refractivity contribution in [1.29, 1.82) is 0 Å². The summed E-state index contributed by atoms with van der Waals surface area (Å²) in [5.74, 6) is 1.86. The molecule has 1 nitrogen and oxygen atoms in total. The SMILES string of the molecule is C=Cc1ccc2c3c(ccc(C(C)(CC)NCC)c13)C(C)C(C)C(CCc1ccc(C)cc1)C2. The van der Waals surface area contributed by atoms with E-state index in [1.54, 1.807) is 0 Å². The van der Waals surface area contributed by atoms with E-state index in [1.165, 1.54) is 50.6 Å². The Hall–Kier alpha value is -2.38. The lowest BCUT2D eigenvalue weighted by Crippen LogP contribution is -2.39. The molecule has 0 aliphatic heterocycles. The molecule has 4 unspecified atom stereocenters. The van der Waals surface area contributed by atoms with E-state index in [4.69, 9.17) is 0 Å². The smallest absolute Gasteiger partial charge is 0.0409 e. The highest BCUT2D eigenvalue weighted by Gasteiger charge is 2.33. The summed E-state index contributed by atoms with van der Waals surface area (Å²) >= 11 is 0. The zero-order valence-electron chi connectivity index (χ0n) is 22.2. The highest BCUT2D eigenvalue weighted by atomic mass is 15.0. The van der Waals surface area contributed by atoms with Crippen LogP contribution in [0.1, 0.15) is 86.8 Å². The van der Waals surface area contributed by atoms with Crippen molar-refractivity contribution in [1.82, 2.24) is 5.32 Å². The van der Waals surface area contributed by atoms with Crippen molar-refractivity contribution in [2.24, 2.45) is 11.8 Å². The van der Waals surface area contributed by atoms with E-state index in [9.17, 15) is 0 Å². The first kappa shape index (κ1) is 24.7. The van der Waals surface area contributed by atoms with Gasteiger partial charge in [-0.1, -0.05) is 94.4 Å². The summed E-state index contributed by atoms with van der Waals surface area (Å²) in [7, 11) is 0. The van der Waals surface area contributed by atoms with Gasteiger partial charge in [0.2, 0.25) is 0 Å². The van der Waals surface area contributed by atoms with Crippen molar-refractivity contribution < 1.29 is 0 Å². The van der Waals surface area contributed by atoms with Gasteiger partial charge in [0.1, 0.15) is 0 Å². The van der Waals surface area contributed by atoms with Crippen LogP contribution >= 0.6 is 0 Å². The normalized spacial score (nSPS) is 21.8. The van der Waals surface area contributed by atoms with Gasteiger partial charge in [0.15, 0.2) is 0 Å². The molecular weight excluding hydrogens is 410 g/mol. The second-order valence-electron chi connectivity index (χ2n) is 10.8. The van der Waals surface area contributed by atoms with Gasteiger partial charge in [-0.25, -0.2) is 0 Å². The number of hydrogen-bond acceptors (Lipinski definition) is 1. The van der Waals surface area contributed by atoms with Crippen molar-refractivity contribution in [2.75, 3.05) is 6.54 Å². The molecule has 1 aliphatic rings. The molecule has 0 bridgehead atoms. The van der Waals surface area contributed by atoms with Crippen LogP contribution in [0.3, 0.4) is 0 Å². The Morgan fingerprint density at radius 1 is 1.00 bits per heavy atom. The summed E-state index contributed by atoms with van der Waals surface area (Å²) in [6.45, 7) is 19.1. The first-order chi connectivity index (χ1) is 16.3. The molecule has 0 aromatic heterocycles. The van der Waals surface area contributed by atoms with Crippen LogP contribution in [0.4, 0.5) is 0 Å². The molecule has 1 aliphatic carbocycles. The van der Waals surface area contributed by atoms with Crippen LogP contribution < -0.4 is 5.32 Å². The molecule has 0 amide bonds. The summed E-state index contributed by atoms with van der Waals surface area (Å²) in [6.07, 6.45) is 6.67. The van der Waals surface area contributed by atoms with Gasteiger partial charge < -0.3 is 5.32 Å². The van der Waals surface area contributed by atoms with E-state index < -0.39 is 0 Å². The summed E-state index contributed by atoms with van der Waals surface area (Å²) in [6, 6.07) is 18.7. The highest BCUT2D eigenvalue weighted by molar-refractivity contribution is 5.98. The molecule has 1 heteroatoms. The third-order valence-electron chi connectivity index (χ3n) is 8.83. The third kappa shape index (κ3) is 4.48. The average Bonchev–Trinajstić information content (AvgIpc) is 2.95.